The monoisotopic (exact) mass is 344 g/mol. The van der Waals surface area contributed by atoms with Crippen molar-refractivity contribution < 1.29 is 14.3 Å². The van der Waals surface area contributed by atoms with Gasteiger partial charge < -0.3 is 9.64 Å². The minimum absolute atomic E-state index is 0.366. The van der Waals surface area contributed by atoms with Gasteiger partial charge in [-0.2, -0.15) is 0 Å². The van der Waals surface area contributed by atoms with Crippen LogP contribution < -0.4 is 9.64 Å². The molecular weight excluding hydrogens is 328 g/mol. The molecule has 1 saturated heterocycles. The molecule has 1 aliphatic heterocycles. The number of anilines is 1. The number of carbonyl (C=O) groups is 2. The molecule has 0 radical (unpaired) electrons. The fourth-order valence-corrected chi connectivity index (χ4v) is 2.98. The summed E-state index contributed by atoms with van der Waals surface area (Å²) in [5.41, 5.74) is 1.51. The lowest BCUT2D eigenvalue weighted by molar-refractivity contribution is -0.146. The molecular formula is C18H17ClN2O3. The topological polar surface area (TPSA) is 49.9 Å². The molecule has 0 N–H and O–H groups in total. The molecule has 1 fully saturated rings. The lowest BCUT2D eigenvalue weighted by Crippen LogP contribution is -2.54. The molecule has 6 heteroatoms. The van der Waals surface area contributed by atoms with Crippen LogP contribution in [-0.4, -0.2) is 36.9 Å². The molecule has 1 heterocycles. The third-order valence-electron chi connectivity index (χ3n) is 3.95. The highest BCUT2D eigenvalue weighted by Crippen LogP contribution is 2.29. The summed E-state index contributed by atoms with van der Waals surface area (Å²) in [6, 6.07) is 14.5. The number of ether oxygens (including phenoxy) is 1. The molecule has 2 amide bonds. The Morgan fingerprint density at radius 2 is 1.83 bits per heavy atom. The van der Waals surface area contributed by atoms with Gasteiger partial charge in [0, 0.05) is 24.7 Å². The van der Waals surface area contributed by atoms with Gasteiger partial charge in [0.25, 0.3) is 0 Å². The van der Waals surface area contributed by atoms with Crippen LogP contribution in [0.1, 0.15) is 5.56 Å². The summed E-state index contributed by atoms with van der Waals surface area (Å²) in [5.74, 6) is -0.498. The van der Waals surface area contributed by atoms with Gasteiger partial charge in [0.05, 0.1) is 12.8 Å². The van der Waals surface area contributed by atoms with E-state index in [1.807, 2.05) is 24.3 Å². The Morgan fingerprint density at radius 1 is 1.04 bits per heavy atom. The van der Waals surface area contributed by atoms with Gasteiger partial charge in [-0.3, -0.25) is 14.5 Å². The molecule has 124 valence electrons. The van der Waals surface area contributed by atoms with Crippen molar-refractivity contribution in [3.8, 4) is 5.75 Å². The van der Waals surface area contributed by atoms with Crippen LogP contribution in [0.25, 0.3) is 0 Å². The Balaban J connectivity index is 1.77. The van der Waals surface area contributed by atoms with Gasteiger partial charge in [-0.25, -0.2) is 0 Å². The third kappa shape index (κ3) is 3.21. The molecule has 2 aromatic carbocycles. The molecule has 3 rings (SSSR count). The minimum atomic E-state index is -0.548. The van der Waals surface area contributed by atoms with E-state index in [2.05, 4.69) is 0 Å². The zero-order valence-electron chi connectivity index (χ0n) is 13.2. The van der Waals surface area contributed by atoms with Crippen LogP contribution in [0.5, 0.6) is 5.75 Å². The van der Waals surface area contributed by atoms with Crippen molar-refractivity contribution in [1.29, 1.82) is 0 Å². The highest BCUT2D eigenvalue weighted by Gasteiger charge is 2.34. The lowest BCUT2D eigenvalue weighted by atomic mass is 10.1. The van der Waals surface area contributed by atoms with Crippen LogP contribution in [0.2, 0.25) is 5.02 Å². The Morgan fingerprint density at radius 3 is 2.58 bits per heavy atom. The molecule has 1 aliphatic rings. The number of rotatable bonds is 4. The molecule has 0 unspecified atom stereocenters. The quantitative estimate of drug-likeness (QED) is 0.801. The van der Waals surface area contributed by atoms with E-state index in [-0.39, 0.29) is 0 Å². The van der Waals surface area contributed by atoms with Crippen LogP contribution >= 0.6 is 11.6 Å². The lowest BCUT2D eigenvalue weighted by Gasteiger charge is -2.34. The number of carbonyl (C=O) groups excluding carboxylic acids is 2. The van der Waals surface area contributed by atoms with E-state index in [1.54, 1.807) is 36.3 Å². The summed E-state index contributed by atoms with van der Waals surface area (Å²) < 4.78 is 5.28. The van der Waals surface area contributed by atoms with Gasteiger partial charge in [0.15, 0.2) is 0 Å². The normalized spacial score (nSPS) is 14.9. The fourth-order valence-electron chi connectivity index (χ4n) is 2.76. The second-order valence-corrected chi connectivity index (χ2v) is 5.92. The summed E-state index contributed by atoms with van der Waals surface area (Å²) in [6.45, 7) is 1.24. The second-order valence-electron chi connectivity index (χ2n) is 5.49. The van der Waals surface area contributed by atoms with Gasteiger partial charge in [0.2, 0.25) is 0 Å². The van der Waals surface area contributed by atoms with Crippen LogP contribution in [0.4, 0.5) is 5.69 Å². The van der Waals surface area contributed by atoms with Crippen molar-refractivity contribution >= 4 is 29.1 Å². The number of halogens is 1. The van der Waals surface area contributed by atoms with E-state index in [9.17, 15) is 9.59 Å². The molecule has 0 bridgehead atoms. The molecule has 0 atom stereocenters. The SMILES string of the molecule is COc1ccccc1N1CCN(Cc2cccc(Cl)c2)C(=O)C1=O. The van der Waals surface area contributed by atoms with E-state index >= 15 is 0 Å². The molecule has 0 saturated carbocycles. The van der Waals surface area contributed by atoms with Crippen molar-refractivity contribution in [3.05, 3.63) is 59.1 Å². The molecule has 0 aromatic heterocycles. The number of para-hydroxylation sites is 2. The number of hydrogen-bond acceptors (Lipinski definition) is 3. The Kier molecular flexibility index (Phi) is 4.71. The van der Waals surface area contributed by atoms with Crippen molar-refractivity contribution in [2.75, 3.05) is 25.1 Å². The van der Waals surface area contributed by atoms with E-state index in [0.29, 0.717) is 36.1 Å². The number of benzene rings is 2. The Labute approximate surface area is 145 Å². The summed E-state index contributed by atoms with van der Waals surface area (Å²) >= 11 is 5.97. The van der Waals surface area contributed by atoms with E-state index in [0.717, 1.165) is 5.56 Å². The summed E-state index contributed by atoms with van der Waals surface area (Å²) in [6.07, 6.45) is 0. The molecule has 5 nitrogen and oxygen atoms in total. The van der Waals surface area contributed by atoms with Crippen molar-refractivity contribution in [2.45, 2.75) is 6.54 Å². The average molecular weight is 345 g/mol. The number of methoxy groups -OCH3 is 1. The zero-order valence-corrected chi connectivity index (χ0v) is 14.0. The average Bonchev–Trinajstić information content (AvgIpc) is 2.59. The van der Waals surface area contributed by atoms with Gasteiger partial charge in [-0.1, -0.05) is 35.9 Å². The summed E-state index contributed by atoms with van der Waals surface area (Å²) in [5, 5.41) is 0.610. The predicted molar refractivity (Wildman–Crippen MR) is 92.2 cm³/mol. The predicted octanol–water partition coefficient (Wildman–Crippen LogP) is 2.72. The van der Waals surface area contributed by atoms with Crippen LogP contribution in [0, 0.1) is 0 Å². The second kappa shape index (κ2) is 6.93. The number of amides is 2. The zero-order chi connectivity index (χ0) is 17.1. The Bertz CT molecular complexity index is 778. The maximum atomic E-state index is 12.5. The third-order valence-corrected chi connectivity index (χ3v) is 4.18. The van der Waals surface area contributed by atoms with E-state index in [1.165, 1.54) is 4.90 Å². The number of hydrogen-bond donors (Lipinski definition) is 0. The first kappa shape index (κ1) is 16.3. The van der Waals surface area contributed by atoms with E-state index in [4.69, 9.17) is 16.3 Å². The van der Waals surface area contributed by atoms with Gasteiger partial charge in [-0.15, -0.1) is 0 Å². The fraction of sp³-hybridized carbons (Fsp3) is 0.222. The first-order valence-corrected chi connectivity index (χ1v) is 7.96. The molecule has 0 spiro atoms. The minimum Gasteiger partial charge on any atom is -0.495 e. The molecule has 24 heavy (non-hydrogen) atoms. The summed E-state index contributed by atoms with van der Waals surface area (Å²) in [7, 11) is 1.54. The first-order valence-electron chi connectivity index (χ1n) is 7.58. The highest BCUT2D eigenvalue weighted by molar-refractivity contribution is 6.41. The summed E-state index contributed by atoms with van der Waals surface area (Å²) in [4.78, 5) is 28.0. The van der Waals surface area contributed by atoms with Gasteiger partial charge >= 0.3 is 11.8 Å². The van der Waals surface area contributed by atoms with Crippen molar-refractivity contribution in [1.82, 2.24) is 4.90 Å². The maximum Gasteiger partial charge on any atom is 0.316 e. The van der Waals surface area contributed by atoms with E-state index < -0.39 is 11.8 Å². The number of piperazine rings is 1. The van der Waals surface area contributed by atoms with Crippen LogP contribution in [-0.2, 0) is 16.1 Å². The van der Waals surface area contributed by atoms with Crippen LogP contribution in [0.15, 0.2) is 48.5 Å². The maximum absolute atomic E-state index is 12.5. The van der Waals surface area contributed by atoms with Gasteiger partial charge in [-0.05, 0) is 29.8 Å². The van der Waals surface area contributed by atoms with Gasteiger partial charge in [0.1, 0.15) is 5.75 Å². The van der Waals surface area contributed by atoms with Crippen molar-refractivity contribution in [3.63, 3.8) is 0 Å². The standard InChI is InChI=1S/C18H17ClN2O3/c1-24-16-8-3-2-7-15(16)21-10-9-20(17(22)18(21)23)12-13-5-4-6-14(19)11-13/h2-8,11H,9-10,12H2,1H3. The van der Waals surface area contributed by atoms with Crippen LogP contribution in [0.3, 0.4) is 0 Å². The Hall–Kier alpha value is -2.53. The first-order chi connectivity index (χ1) is 11.6. The molecule has 2 aromatic rings. The smallest absolute Gasteiger partial charge is 0.316 e. The largest absolute Gasteiger partial charge is 0.495 e. The molecule has 0 aliphatic carbocycles. The van der Waals surface area contributed by atoms with Crippen molar-refractivity contribution in [2.24, 2.45) is 0 Å². The highest BCUT2D eigenvalue weighted by atomic mass is 35.5. The number of nitrogens with zero attached hydrogens (tertiary/aromatic N) is 2.